The second kappa shape index (κ2) is 7.31. The Morgan fingerprint density at radius 3 is 2.52 bits per heavy atom. The number of nitrogens with two attached hydrogens (primary N) is 1. The topological polar surface area (TPSA) is 44.5 Å². The van der Waals surface area contributed by atoms with Gasteiger partial charge in [0.25, 0.3) is 0 Å². The van der Waals surface area contributed by atoms with Crippen molar-refractivity contribution in [1.82, 2.24) is 0 Å². The first-order valence-electron chi connectivity index (χ1n) is 7.40. The van der Waals surface area contributed by atoms with Crippen molar-refractivity contribution in [2.45, 2.75) is 12.6 Å². The van der Waals surface area contributed by atoms with E-state index >= 15 is 0 Å². The Labute approximate surface area is 140 Å². The van der Waals surface area contributed by atoms with Gasteiger partial charge in [-0.25, -0.2) is 0 Å². The summed E-state index contributed by atoms with van der Waals surface area (Å²) in [4.78, 5) is 0. The molecule has 0 amide bonds. The van der Waals surface area contributed by atoms with Gasteiger partial charge < -0.3 is 15.2 Å². The second-order valence-corrected chi connectivity index (χ2v) is 6.00. The number of methoxy groups -OCH3 is 1. The fourth-order valence-electron chi connectivity index (χ4n) is 2.38. The molecule has 23 heavy (non-hydrogen) atoms. The van der Waals surface area contributed by atoms with Crippen molar-refractivity contribution >= 4 is 11.3 Å². The van der Waals surface area contributed by atoms with Crippen molar-refractivity contribution in [2.24, 2.45) is 5.73 Å². The number of thiophene rings is 1. The lowest BCUT2D eigenvalue weighted by atomic mass is 10.0. The minimum atomic E-state index is -0.161. The number of ether oxygens (including phenoxy) is 2. The second-order valence-electron chi connectivity index (χ2n) is 5.22. The van der Waals surface area contributed by atoms with Crippen LogP contribution in [0.5, 0.6) is 11.5 Å². The highest BCUT2D eigenvalue weighted by atomic mass is 32.1. The minimum Gasteiger partial charge on any atom is -0.493 e. The first-order chi connectivity index (χ1) is 11.3. The van der Waals surface area contributed by atoms with Crippen molar-refractivity contribution in [3.8, 4) is 11.5 Å². The predicted molar refractivity (Wildman–Crippen MR) is 94.1 cm³/mol. The summed E-state index contributed by atoms with van der Waals surface area (Å²) in [5.74, 6) is 1.42. The van der Waals surface area contributed by atoms with Crippen LogP contribution in [0.2, 0.25) is 0 Å². The SMILES string of the molecule is COc1ccc([C@@H](N)c2ccsc2)cc1OCc1ccccc1. The molecule has 0 saturated heterocycles. The number of benzene rings is 2. The zero-order valence-electron chi connectivity index (χ0n) is 12.9. The third-order valence-electron chi connectivity index (χ3n) is 3.69. The molecule has 118 valence electrons. The molecule has 1 aromatic heterocycles. The van der Waals surface area contributed by atoms with Crippen molar-refractivity contribution in [3.63, 3.8) is 0 Å². The van der Waals surface area contributed by atoms with Gasteiger partial charge in [-0.3, -0.25) is 0 Å². The molecule has 3 aromatic rings. The number of hydrogen-bond donors (Lipinski definition) is 1. The molecule has 0 aliphatic carbocycles. The summed E-state index contributed by atoms with van der Waals surface area (Å²) in [5.41, 5.74) is 9.56. The molecule has 0 radical (unpaired) electrons. The van der Waals surface area contributed by atoms with Gasteiger partial charge in [0.05, 0.1) is 13.2 Å². The largest absolute Gasteiger partial charge is 0.493 e. The van der Waals surface area contributed by atoms with Crippen LogP contribution in [0.15, 0.2) is 65.4 Å². The normalized spacial score (nSPS) is 11.9. The monoisotopic (exact) mass is 325 g/mol. The van der Waals surface area contributed by atoms with E-state index in [2.05, 4.69) is 5.38 Å². The van der Waals surface area contributed by atoms with Gasteiger partial charge in [-0.15, -0.1) is 0 Å². The minimum absolute atomic E-state index is 0.161. The Morgan fingerprint density at radius 2 is 1.83 bits per heavy atom. The number of rotatable bonds is 6. The van der Waals surface area contributed by atoms with Gasteiger partial charge in [0, 0.05) is 0 Å². The predicted octanol–water partition coefficient (Wildman–Crippen LogP) is 4.38. The lowest BCUT2D eigenvalue weighted by Gasteiger charge is -2.15. The molecule has 2 aromatic carbocycles. The maximum absolute atomic E-state index is 6.34. The molecule has 0 unspecified atom stereocenters. The summed E-state index contributed by atoms with van der Waals surface area (Å²) in [6.45, 7) is 0.494. The van der Waals surface area contributed by atoms with Crippen molar-refractivity contribution in [3.05, 3.63) is 82.0 Å². The molecule has 0 saturated carbocycles. The van der Waals surface area contributed by atoms with Crippen LogP contribution in [0.4, 0.5) is 0 Å². The van der Waals surface area contributed by atoms with Crippen LogP contribution >= 0.6 is 11.3 Å². The van der Waals surface area contributed by atoms with Crippen molar-refractivity contribution < 1.29 is 9.47 Å². The molecular weight excluding hydrogens is 306 g/mol. The summed E-state index contributed by atoms with van der Waals surface area (Å²) >= 11 is 1.65. The van der Waals surface area contributed by atoms with Gasteiger partial charge in [-0.05, 0) is 45.6 Å². The van der Waals surface area contributed by atoms with Crippen LogP contribution in [0.3, 0.4) is 0 Å². The third kappa shape index (κ3) is 3.73. The van der Waals surface area contributed by atoms with E-state index in [1.165, 1.54) is 0 Å². The van der Waals surface area contributed by atoms with Crippen LogP contribution in [-0.2, 0) is 6.61 Å². The Kier molecular flexibility index (Phi) is 4.95. The molecular formula is C19H19NO2S. The van der Waals surface area contributed by atoms with Crippen molar-refractivity contribution in [1.29, 1.82) is 0 Å². The lowest BCUT2D eigenvalue weighted by molar-refractivity contribution is 0.284. The molecule has 0 bridgehead atoms. The van der Waals surface area contributed by atoms with Crippen molar-refractivity contribution in [2.75, 3.05) is 7.11 Å². The Balaban J connectivity index is 1.81. The van der Waals surface area contributed by atoms with Crippen LogP contribution in [0.25, 0.3) is 0 Å². The Bertz CT molecular complexity index is 741. The van der Waals surface area contributed by atoms with E-state index in [1.54, 1.807) is 18.4 Å². The quantitative estimate of drug-likeness (QED) is 0.731. The summed E-state index contributed by atoms with van der Waals surface area (Å²) in [7, 11) is 1.64. The molecule has 3 nitrogen and oxygen atoms in total. The molecule has 3 rings (SSSR count). The maximum atomic E-state index is 6.34. The van der Waals surface area contributed by atoms with Crippen LogP contribution in [0.1, 0.15) is 22.7 Å². The van der Waals surface area contributed by atoms with E-state index in [0.29, 0.717) is 18.1 Å². The Morgan fingerprint density at radius 1 is 1.00 bits per heavy atom. The average Bonchev–Trinajstić information content (AvgIpc) is 3.14. The Hall–Kier alpha value is -2.30. The molecule has 4 heteroatoms. The highest BCUT2D eigenvalue weighted by Crippen LogP contribution is 2.32. The summed E-state index contributed by atoms with van der Waals surface area (Å²) in [6, 6.07) is 17.8. The molecule has 1 atom stereocenters. The average molecular weight is 325 g/mol. The highest BCUT2D eigenvalue weighted by molar-refractivity contribution is 7.08. The zero-order chi connectivity index (χ0) is 16.1. The first kappa shape index (κ1) is 15.6. The van der Waals surface area contributed by atoms with Crippen LogP contribution in [-0.4, -0.2) is 7.11 Å². The molecule has 0 fully saturated rings. The van der Waals surface area contributed by atoms with E-state index in [0.717, 1.165) is 16.7 Å². The highest BCUT2D eigenvalue weighted by Gasteiger charge is 2.13. The molecule has 0 spiro atoms. The third-order valence-corrected chi connectivity index (χ3v) is 4.39. The lowest BCUT2D eigenvalue weighted by Crippen LogP contribution is -2.11. The van der Waals surface area contributed by atoms with Crippen LogP contribution in [0, 0.1) is 0 Å². The standard InChI is InChI=1S/C19H19NO2S/c1-21-17-8-7-15(19(20)16-9-10-23-13-16)11-18(17)22-12-14-5-3-2-4-6-14/h2-11,13,19H,12,20H2,1H3/t19-/m1/s1. The molecule has 1 heterocycles. The summed E-state index contributed by atoms with van der Waals surface area (Å²) in [6.07, 6.45) is 0. The fourth-order valence-corrected chi connectivity index (χ4v) is 3.08. The molecule has 0 aliphatic rings. The molecule has 2 N–H and O–H groups in total. The van der Waals surface area contributed by atoms with Gasteiger partial charge in [0.1, 0.15) is 6.61 Å². The van der Waals surface area contributed by atoms with Gasteiger partial charge in [0.2, 0.25) is 0 Å². The van der Waals surface area contributed by atoms with E-state index in [9.17, 15) is 0 Å². The van der Waals surface area contributed by atoms with Gasteiger partial charge in [0.15, 0.2) is 11.5 Å². The zero-order valence-corrected chi connectivity index (χ0v) is 13.8. The van der Waals surface area contributed by atoms with Gasteiger partial charge >= 0.3 is 0 Å². The maximum Gasteiger partial charge on any atom is 0.162 e. The van der Waals surface area contributed by atoms with Crippen LogP contribution < -0.4 is 15.2 Å². The number of hydrogen-bond acceptors (Lipinski definition) is 4. The summed E-state index contributed by atoms with van der Waals surface area (Å²) in [5, 5.41) is 4.10. The van der Waals surface area contributed by atoms with E-state index in [-0.39, 0.29) is 6.04 Å². The summed E-state index contributed by atoms with van der Waals surface area (Å²) < 4.78 is 11.3. The smallest absolute Gasteiger partial charge is 0.162 e. The van der Waals surface area contributed by atoms with Gasteiger partial charge in [-0.1, -0.05) is 36.4 Å². The fraction of sp³-hybridized carbons (Fsp3) is 0.158. The first-order valence-corrected chi connectivity index (χ1v) is 8.34. The van der Waals surface area contributed by atoms with Gasteiger partial charge in [-0.2, -0.15) is 11.3 Å². The molecule has 0 aliphatic heterocycles. The van der Waals surface area contributed by atoms with E-state index < -0.39 is 0 Å². The van der Waals surface area contributed by atoms with E-state index in [4.69, 9.17) is 15.2 Å². The van der Waals surface area contributed by atoms with E-state index in [1.807, 2.05) is 60.0 Å².